The van der Waals surface area contributed by atoms with E-state index in [1.807, 2.05) is 0 Å². The average Bonchev–Trinajstić information content (AvgIpc) is 2.24. The average molecular weight is 190 g/mol. The summed E-state index contributed by atoms with van der Waals surface area (Å²) in [4.78, 5) is 0. The van der Waals surface area contributed by atoms with E-state index >= 15 is 0 Å². The zero-order valence-electron chi connectivity index (χ0n) is 8.88. The predicted molar refractivity (Wildman–Crippen MR) is 59.3 cm³/mol. The fraction of sp³-hybridized carbons (Fsp3) is 0.500. The first-order valence-electron chi connectivity index (χ1n) is 5.25. The van der Waals surface area contributed by atoms with Crippen molar-refractivity contribution in [3.8, 4) is 0 Å². The first kappa shape index (κ1) is 9.69. The lowest BCUT2D eigenvalue weighted by Gasteiger charge is -2.39. The van der Waals surface area contributed by atoms with Gasteiger partial charge in [-0.2, -0.15) is 0 Å². The van der Waals surface area contributed by atoms with Gasteiger partial charge in [0.1, 0.15) is 0 Å². The lowest BCUT2D eigenvalue weighted by molar-refractivity contribution is 0.265. The predicted octanol–water partition coefficient (Wildman–Crippen LogP) is 1.48. The van der Waals surface area contributed by atoms with Crippen LogP contribution >= 0.6 is 0 Å². The zero-order chi connectivity index (χ0) is 10.0. The molecule has 0 bridgehead atoms. The van der Waals surface area contributed by atoms with E-state index in [4.69, 9.17) is 0 Å². The summed E-state index contributed by atoms with van der Waals surface area (Å²) in [7, 11) is 0. The highest BCUT2D eigenvalue weighted by Gasteiger charge is 2.29. The summed E-state index contributed by atoms with van der Waals surface area (Å²) in [5.41, 5.74) is 1.45. The Kier molecular flexibility index (Phi) is 2.57. The molecule has 0 aliphatic carbocycles. The van der Waals surface area contributed by atoms with E-state index < -0.39 is 0 Å². The van der Waals surface area contributed by atoms with Crippen LogP contribution in [0.3, 0.4) is 0 Å². The molecule has 2 N–H and O–H groups in total. The fourth-order valence-electron chi connectivity index (χ4n) is 1.90. The third-order valence-electron chi connectivity index (χ3n) is 3.01. The van der Waals surface area contributed by atoms with Gasteiger partial charge < -0.3 is 10.6 Å². The molecule has 1 aliphatic heterocycles. The van der Waals surface area contributed by atoms with Crippen LogP contribution in [0.5, 0.6) is 0 Å². The Morgan fingerprint density at radius 2 is 2.00 bits per heavy atom. The van der Waals surface area contributed by atoms with E-state index in [1.54, 1.807) is 0 Å². The summed E-state index contributed by atoms with van der Waals surface area (Å²) in [6, 6.07) is 11.2. The van der Waals surface area contributed by atoms with Crippen molar-refractivity contribution in [2.24, 2.45) is 0 Å². The summed E-state index contributed by atoms with van der Waals surface area (Å²) in [5.74, 6) is 0. The second-order valence-electron chi connectivity index (χ2n) is 4.36. The monoisotopic (exact) mass is 190 g/mol. The fourth-order valence-corrected chi connectivity index (χ4v) is 1.90. The van der Waals surface area contributed by atoms with Gasteiger partial charge in [-0.3, -0.25) is 0 Å². The normalized spacial score (nSPS) is 32.9. The summed E-state index contributed by atoms with van der Waals surface area (Å²) in [6.07, 6.45) is 0. The number of piperazine rings is 1. The van der Waals surface area contributed by atoms with Crippen molar-refractivity contribution in [1.82, 2.24) is 10.6 Å². The van der Waals surface area contributed by atoms with Crippen molar-refractivity contribution < 1.29 is 0 Å². The smallest absolute Gasteiger partial charge is 0.0533 e. The van der Waals surface area contributed by atoms with Gasteiger partial charge in [0.25, 0.3) is 0 Å². The van der Waals surface area contributed by atoms with E-state index in [1.165, 1.54) is 5.56 Å². The first-order valence-corrected chi connectivity index (χ1v) is 5.25. The van der Waals surface area contributed by atoms with Crippen molar-refractivity contribution in [2.75, 3.05) is 13.1 Å². The molecule has 2 rings (SSSR count). The molecule has 0 amide bonds. The van der Waals surface area contributed by atoms with Crippen LogP contribution in [0.1, 0.15) is 19.4 Å². The standard InChI is InChI=1S/C12H18N2/c1-10-8-14-12(2,9-13-10)11-6-4-3-5-7-11/h3-7,10,13-14H,8-9H2,1-2H3. The van der Waals surface area contributed by atoms with Crippen molar-refractivity contribution in [2.45, 2.75) is 25.4 Å². The maximum atomic E-state index is 3.60. The highest BCUT2D eigenvalue weighted by atomic mass is 15.1. The van der Waals surface area contributed by atoms with Crippen LogP contribution in [-0.2, 0) is 5.54 Å². The van der Waals surface area contributed by atoms with E-state index in [0.717, 1.165) is 13.1 Å². The minimum atomic E-state index is 0.0910. The molecule has 2 nitrogen and oxygen atoms in total. The van der Waals surface area contributed by atoms with Crippen molar-refractivity contribution in [1.29, 1.82) is 0 Å². The van der Waals surface area contributed by atoms with Gasteiger partial charge >= 0.3 is 0 Å². The molecular weight excluding hydrogens is 172 g/mol. The SMILES string of the molecule is CC1CNC(C)(c2ccccc2)CN1. The molecule has 1 aliphatic rings. The Morgan fingerprint density at radius 3 is 2.57 bits per heavy atom. The second kappa shape index (κ2) is 3.71. The Bertz CT molecular complexity index is 286. The molecule has 0 saturated carbocycles. The van der Waals surface area contributed by atoms with Crippen LogP contribution in [0.15, 0.2) is 30.3 Å². The molecule has 14 heavy (non-hydrogen) atoms. The van der Waals surface area contributed by atoms with Gasteiger partial charge in [-0.25, -0.2) is 0 Å². The highest BCUT2D eigenvalue weighted by molar-refractivity contribution is 5.24. The molecule has 76 valence electrons. The van der Waals surface area contributed by atoms with Gasteiger partial charge in [0.2, 0.25) is 0 Å². The lowest BCUT2D eigenvalue weighted by Crippen LogP contribution is -2.58. The minimum Gasteiger partial charge on any atom is -0.311 e. The van der Waals surface area contributed by atoms with Crippen LogP contribution in [0, 0.1) is 0 Å². The van der Waals surface area contributed by atoms with Crippen LogP contribution in [0.25, 0.3) is 0 Å². The van der Waals surface area contributed by atoms with Gasteiger partial charge in [-0.1, -0.05) is 30.3 Å². The molecule has 1 fully saturated rings. The zero-order valence-corrected chi connectivity index (χ0v) is 8.88. The molecule has 1 saturated heterocycles. The quantitative estimate of drug-likeness (QED) is 0.701. The van der Waals surface area contributed by atoms with Gasteiger partial charge in [-0.05, 0) is 19.4 Å². The number of hydrogen-bond donors (Lipinski definition) is 2. The largest absolute Gasteiger partial charge is 0.311 e. The summed E-state index contributed by atoms with van der Waals surface area (Å²) >= 11 is 0. The van der Waals surface area contributed by atoms with E-state index in [-0.39, 0.29) is 5.54 Å². The number of hydrogen-bond acceptors (Lipinski definition) is 2. The molecule has 1 aromatic carbocycles. The maximum absolute atomic E-state index is 3.60. The molecule has 2 atom stereocenters. The molecule has 2 heteroatoms. The lowest BCUT2D eigenvalue weighted by atomic mass is 9.89. The van der Waals surface area contributed by atoms with E-state index in [2.05, 4.69) is 54.8 Å². The van der Waals surface area contributed by atoms with Crippen LogP contribution < -0.4 is 10.6 Å². The van der Waals surface area contributed by atoms with Crippen molar-refractivity contribution >= 4 is 0 Å². The number of rotatable bonds is 1. The van der Waals surface area contributed by atoms with Crippen LogP contribution in [0.4, 0.5) is 0 Å². The highest BCUT2D eigenvalue weighted by Crippen LogP contribution is 2.21. The summed E-state index contributed by atoms with van der Waals surface area (Å²) < 4.78 is 0. The topological polar surface area (TPSA) is 24.1 Å². The Balaban J connectivity index is 2.17. The minimum absolute atomic E-state index is 0.0910. The van der Waals surface area contributed by atoms with Gasteiger partial charge in [0.05, 0.1) is 5.54 Å². The third-order valence-corrected chi connectivity index (χ3v) is 3.01. The Hall–Kier alpha value is -0.860. The van der Waals surface area contributed by atoms with Crippen molar-refractivity contribution in [3.05, 3.63) is 35.9 Å². The van der Waals surface area contributed by atoms with E-state index in [9.17, 15) is 0 Å². The van der Waals surface area contributed by atoms with Gasteiger partial charge in [-0.15, -0.1) is 0 Å². The molecule has 0 spiro atoms. The molecule has 2 unspecified atom stereocenters. The first-order chi connectivity index (χ1) is 6.71. The Morgan fingerprint density at radius 1 is 1.29 bits per heavy atom. The van der Waals surface area contributed by atoms with Gasteiger partial charge in [0.15, 0.2) is 0 Å². The summed E-state index contributed by atoms with van der Waals surface area (Å²) in [5, 5.41) is 7.11. The number of nitrogens with one attached hydrogen (secondary N) is 2. The van der Waals surface area contributed by atoms with Crippen LogP contribution in [-0.4, -0.2) is 19.1 Å². The molecule has 1 heterocycles. The Labute approximate surface area is 85.7 Å². The molecule has 0 radical (unpaired) electrons. The second-order valence-corrected chi connectivity index (χ2v) is 4.36. The van der Waals surface area contributed by atoms with E-state index in [0.29, 0.717) is 6.04 Å². The van der Waals surface area contributed by atoms with Crippen molar-refractivity contribution in [3.63, 3.8) is 0 Å². The summed E-state index contributed by atoms with van der Waals surface area (Å²) in [6.45, 7) is 6.49. The van der Waals surface area contributed by atoms with Crippen LogP contribution in [0.2, 0.25) is 0 Å². The van der Waals surface area contributed by atoms with Gasteiger partial charge in [0, 0.05) is 19.1 Å². The molecule has 1 aromatic rings. The number of benzene rings is 1. The molecule has 0 aromatic heterocycles. The third kappa shape index (κ3) is 1.81. The maximum Gasteiger partial charge on any atom is 0.0533 e. The molecular formula is C12H18N2.